The smallest absolute Gasteiger partial charge is 0.251 e. The molecular formula is C18H23ClN2O2. The van der Waals surface area contributed by atoms with Gasteiger partial charge in [0.2, 0.25) is 0 Å². The maximum absolute atomic E-state index is 12.2. The minimum Gasteiger partial charge on any atom is -0.391 e. The highest BCUT2D eigenvalue weighted by molar-refractivity contribution is 5.94. The van der Waals surface area contributed by atoms with Crippen LogP contribution in [0.15, 0.2) is 54.6 Å². The predicted molar refractivity (Wildman–Crippen MR) is 94.7 cm³/mol. The molecule has 124 valence electrons. The van der Waals surface area contributed by atoms with E-state index >= 15 is 0 Å². The lowest BCUT2D eigenvalue weighted by Crippen LogP contribution is -2.42. The quantitative estimate of drug-likeness (QED) is 0.758. The number of rotatable bonds is 6. The molecule has 2 unspecified atom stereocenters. The molecule has 2 aromatic rings. The van der Waals surface area contributed by atoms with E-state index in [2.05, 4.69) is 5.32 Å². The zero-order chi connectivity index (χ0) is 15.9. The van der Waals surface area contributed by atoms with Crippen molar-refractivity contribution in [3.05, 3.63) is 71.3 Å². The Bertz CT molecular complexity index is 602. The molecule has 2 atom stereocenters. The van der Waals surface area contributed by atoms with Gasteiger partial charge in [0.25, 0.3) is 5.91 Å². The van der Waals surface area contributed by atoms with Gasteiger partial charge in [0.15, 0.2) is 0 Å². The predicted octanol–water partition coefficient (Wildman–Crippen LogP) is 2.29. The van der Waals surface area contributed by atoms with Crippen molar-refractivity contribution >= 4 is 18.3 Å². The molecule has 1 amide bonds. The van der Waals surface area contributed by atoms with Gasteiger partial charge in [0, 0.05) is 18.5 Å². The number of amides is 1. The van der Waals surface area contributed by atoms with Crippen LogP contribution >= 0.6 is 12.4 Å². The van der Waals surface area contributed by atoms with E-state index in [1.165, 1.54) is 0 Å². The Morgan fingerprint density at radius 3 is 2.26 bits per heavy atom. The van der Waals surface area contributed by atoms with Gasteiger partial charge >= 0.3 is 0 Å². The third kappa shape index (κ3) is 5.67. The van der Waals surface area contributed by atoms with E-state index in [9.17, 15) is 9.90 Å². The molecule has 0 saturated carbocycles. The van der Waals surface area contributed by atoms with Crippen molar-refractivity contribution in [2.45, 2.75) is 32.0 Å². The van der Waals surface area contributed by atoms with E-state index < -0.39 is 6.10 Å². The maximum atomic E-state index is 12.2. The van der Waals surface area contributed by atoms with E-state index in [1.54, 1.807) is 19.1 Å². The first-order chi connectivity index (χ1) is 10.6. The van der Waals surface area contributed by atoms with Gasteiger partial charge in [-0.3, -0.25) is 4.79 Å². The third-order valence-corrected chi connectivity index (χ3v) is 3.68. The van der Waals surface area contributed by atoms with Crippen LogP contribution in [-0.2, 0) is 13.0 Å². The van der Waals surface area contributed by atoms with Crippen LogP contribution in [-0.4, -0.2) is 23.2 Å². The van der Waals surface area contributed by atoms with Gasteiger partial charge in [-0.15, -0.1) is 12.4 Å². The highest BCUT2D eigenvalue weighted by Gasteiger charge is 2.17. The lowest BCUT2D eigenvalue weighted by molar-refractivity contribution is 0.0852. The number of halogens is 1. The molecule has 4 N–H and O–H groups in total. The number of aliphatic hydroxyl groups is 1. The summed E-state index contributed by atoms with van der Waals surface area (Å²) in [4.78, 5) is 12.2. The lowest BCUT2D eigenvalue weighted by Gasteiger charge is -2.20. The van der Waals surface area contributed by atoms with Crippen LogP contribution in [0.25, 0.3) is 0 Å². The van der Waals surface area contributed by atoms with Gasteiger partial charge < -0.3 is 16.2 Å². The molecule has 0 fully saturated rings. The molecule has 4 nitrogen and oxygen atoms in total. The molecule has 0 bridgehead atoms. The number of carbonyl (C=O) groups is 1. The number of aliphatic hydroxyl groups excluding tert-OH is 1. The minimum absolute atomic E-state index is 0. The Morgan fingerprint density at radius 2 is 1.70 bits per heavy atom. The number of hydrogen-bond acceptors (Lipinski definition) is 3. The lowest BCUT2D eigenvalue weighted by atomic mass is 10.0. The first-order valence-corrected chi connectivity index (χ1v) is 7.42. The van der Waals surface area contributed by atoms with Crippen LogP contribution in [0.5, 0.6) is 0 Å². The Hall–Kier alpha value is -1.88. The fourth-order valence-corrected chi connectivity index (χ4v) is 2.21. The Morgan fingerprint density at radius 1 is 1.09 bits per heavy atom. The molecule has 0 aliphatic rings. The zero-order valence-corrected chi connectivity index (χ0v) is 13.9. The standard InChI is InChI=1S/C18H22N2O2.ClH/c1-13(17(21)11-14-5-3-2-4-6-14)20-18(22)16-9-7-15(12-19)8-10-16;/h2-10,13,17,21H,11-12,19H2,1H3,(H,20,22);1H. The second kappa shape index (κ2) is 9.30. The molecule has 23 heavy (non-hydrogen) atoms. The number of hydrogen-bond donors (Lipinski definition) is 3. The average molecular weight is 335 g/mol. The van der Waals surface area contributed by atoms with E-state index in [-0.39, 0.29) is 24.4 Å². The SMILES string of the molecule is CC(NC(=O)c1ccc(CN)cc1)C(O)Cc1ccccc1.Cl. The van der Waals surface area contributed by atoms with Gasteiger partial charge in [0.1, 0.15) is 0 Å². The summed E-state index contributed by atoms with van der Waals surface area (Å²) in [5.74, 6) is -0.191. The van der Waals surface area contributed by atoms with Crippen LogP contribution in [0.4, 0.5) is 0 Å². The second-order valence-electron chi connectivity index (χ2n) is 5.42. The summed E-state index contributed by atoms with van der Waals surface area (Å²) in [6, 6.07) is 16.6. The van der Waals surface area contributed by atoms with Crippen molar-refractivity contribution in [1.29, 1.82) is 0 Å². The van der Waals surface area contributed by atoms with Crippen molar-refractivity contribution in [3.8, 4) is 0 Å². The molecule has 0 spiro atoms. The topological polar surface area (TPSA) is 75.4 Å². The molecule has 2 aromatic carbocycles. The summed E-state index contributed by atoms with van der Waals surface area (Å²) >= 11 is 0. The molecule has 0 radical (unpaired) electrons. The second-order valence-corrected chi connectivity index (χ2v) is 5.42. The molecule has 2 rings (SSSR count). The number of nitrogens with one attached hydrogen (secondary N) is 1. The molecule has 0 heterocycles. The summed E-state index contributed by atoms with van der Waals surface area (Å²) in [5.41, 5.74) is 8.13. The molecule has 0 aromatic heterocycles. The Labute approximate surface area is 143 Å². The molecule has 0 aliphatic heterocycles. The summed E-state index contributed by atoms with van der Waals surface area (Å²) in [7, 11) is 0. The van der Waals surface area contributed by atoms with Crippen molar-refractivity contribution in [2.75, 3.05) is 0 Å². The number of nitrogens with two attached hydrogens (primary N) is 1. The van der Waals surface area contributed by atoms with E-state index in [4.69, 9.17) is 5.73 Å². The zero-order valence-electron chi connectivity index (χ0n) is 13.1. The van der Waals surface area contributed by atoms with E-state index in [0.717, 1.165) is 11.1 Å². The van der Waals surface area contributed by atoms with Gasteiger partial charge in [-0.2, -0.15) is 0 Å². The van der Waals surface area contributed by atoms with Crippen LogP contribution in [0.2, 0.25) is 0 Å². The normalized spacial score (nSPS) is 12.8. The average Bonchev–Trinajstić information content (AvgIpc) is 2.55. The Kier molecular flexibility index (Phi) is 7.75. The largest absolute Gasteiger partial charge is 0.391 e. The maximum Gasteiger partial charge on any atom is 0.251 e. The molecular weight excluding hydrogens is 312 g/mol. The van der Waals surface area contributed by atoms with Gasteiger partial charge in [-0.1, -0.05) is 42.5 Å². The molecule has 0 saturated heterocycles. The van der Waals surface area contributed by atoms with Gasteiger partial charge in [0.05, 0.1) is 12.1 Å². The van der Waals surface area contributed by atoms with Gasteiger partial charge in [-0.05, 0) is 30.2 Å². The van der Waals surface area contributed by atoms with Crippen LogP contribution in [0.1, 0.15) is 28.4 Å². The third-order valence-electron chi connectivity index (χ3n) is 3.68. The first-order valence-electron chi connectivity index (χ1n) is 7.42. The molecule has 5 heteroatoms. The number of benzene rings is 2. The van der Waals surface area contributed by atoms with Crippen LogP contribution in [0, 0.1) is 0 Å². The highest BCUT2D eigenvalue weighted by atomic mass is 35.5. The van der Waals surface area contributed by atoms with Crippen molar-refractivity contribution in [2.24, 2.45) is 5.73 Å². The summed E-state index contributed by atoms with van der Waals surface area (Å²) in [6.07, 6.45) is -0.122. The fourth-order valence-electron chi connectivity index (χ4n) is 2.21. The van der Waals surface area contributed by atoms with E-state index in [1.807, 2.05) is 42.5 Å². The van der Waals surface area contributed by atoms with Crippen LogP contribution < -0.4 is 11.1 Å². The first kappa shape index (κ1) is 19.2. The Balaban J connectivity index is 0.00000264. The molecule has 0 aliphatic carbocycles. The van der Waals surface area contributed by atoms with E-state index in [0.29, 0.717) is 18.5 Å². The monoisotopic (exact) mass is 334 g/mol. The van der Waals surface area contributed by atoms with Crippen molar-refractivity contribution in [1.82, 2.24) is 5.32 Å². The summed E-state index contributed by atoms with van der Waals surface area (Å²) in [5, 5.41) is 13.1. The highest BCUT2D eigenvalue weighted by Crippen LogP contribution is 2.08. The number of carbonyl (C=O) groups excluding carboxylic acids is 1. The van der Waals surface area contributed by atoms with Crippen LogP contribution in [0.3, 0.4) is 0 Å². The minimum atomic E-state index is -0.630. The summed E-state index contributed by atoms with van der Waals surface area (Å²) in [6.45, 7) is 2.26. The van der Waals surface area contributed by atoms with Gasteiger partial charge in [-0.25, -0.2) is 0 Å². The van der Waals surface area contributed by atoms with Crippen molar-refractivity contribution in [3.63, 3.8) is 0 Å². The fraction of sp³-hybridized carbons (Fsp3) is 0.278. The summed E-state index contributed by atoms with van der Waals surface area (Å²) < 4.78 is 0. The van der Waals surface area contributed by atoms with Crippen molar-refractivity contribution < 1.29 is 9.90 Å².